The first-order chi connectivity index (χ1) is 9.28. The second-order valence-electron chi connectivity index (χ2n) is 3.33. The van der Waals surface area contributed by atoms with E-state index in [1.165, 1.54) is 0 Å². The van der Waals surface area contributed by atoms with E-state index in [0.29, 0.717) is 0 Å². The molecule has 0 radical (unpaired) electrons. The number of cyclic esters (lactones) is 1. The average molecular weight is 376 g/mol. The van der Waals surface area contributed by atoms with E-state index in [2.05, 4.69) is 9.05 Å². The van der Waals surface area contributed by atoms with E-state index < -0.39 is 51.9 Å². The van der Waals surface area contributed by atoms with Gasteiger partial charge in [0, 0.05) is 0 Å². The van der Waals surface area contributed by atoms with E-state index in [1.807, 2.05) is 0 Å². The zero-order chi connectivity index (χ0) is 17.0. The Hall–Kier alpha value is -0.244. The van der Waals surface area contributed by atoms with Crippen molar-refractivity contribution in [3.05, 3.63) is 11.5 Å². The number of ether oxygens (including phenoxy) is 1. The summed E-state index contributed by atoms with van der Waals surface area (Å²) in [5.74, 6) is -2.78. The first kappa shape index (κ1) is 24.0. The van der Waals surface area contributed by atoms with Crippen LogP contribution in [0.5, 0.6) is 0 Å². The second-order valence-corrected chi connectivity index (χ2v) is 5.86. The minimum Gasteiger partial charge on any atom is -0.789 e. The molecule has 0 spiro atoms. The summed E-state index contributed by atoms with van der Waals surface area (Å²) in [5, 5.41) is 35.0. The summed E-state index contributed by atoms with van der Waals surface area (Å²) in [6, 6.07) is 0. The number of rotatable bonds is 4. The molecule has 22 heavy (non-hydrogen) atoms. The van der Waals surface area contributed by atoms with Crippen molar-refractivity contribution in [3.63, 3.8) is 0 Å². The summed E-state index contributed by atoms with van der Waals surface area (Å²) < 4.78 is 26.0. The fourth-order valence-electron chi connectivity index (χ4n) is 0.953. The van der Waals surface area contributed by atoms with Gasteiger partial charge >= 0.3 is 36.8 Å². The predicted molar refractivity (Wildman–Crippen MR) is 61.7 cm³/mol. The fraction of sp³-hybridized carbons (Fsp3) is 0.500. The maximum atomic E-state index is 10.5. The molecule has 0 unspecified atom stereocenters. The van der Waals surface area contributed by atoms with E-state index in [1.54, 1.807) is 0 Å². The Labute approximate surface area is 138 Å². The van der Waals surface area contributed by atoms with Gasteiger partial charge in [-0.05, 0) is 0 Å². The molecule has 1 aliphatic heterocycles. The Kier molecular flexibility index (Phi) is 9.99. The molecule has 1 rings (SSSR count). The van der Waals surface area contributed by atoms with Gasteiger partial charge in [0.25, 0.3) is 0 Å². The summed E-state index contributed by atoms with van der Waals surface area (Å²) in [5.41, 5.74) is 0. The molecule has 124 valence electrons. The van der Waals surface area contributed by atoms with Crippen molar-refractivity contribution in [3.8, 4) is 0 Å². The second kappa shape index (κ2) is 9.15. The molecule has 0 amide bonds. The van der Waals surface area contributed by atoms with Crippen LogP contribution in [0, 0.1) is 0 Å². The molecule has 0 saturated carbocycles. The Balaban J connectivity index is 0. The summed E-state index contributed by atoms with van der Waals surface area (Å²) in [6.45, 7) is -0.671. The molecule has 0 bridgehead atoms. The molecule has 1 aliphatic rings. The topological polar surface area (TPSA) is 237 Å². The van der Waals surface area contributed by atoms with Crippen LogP contribution in [0.1, 0.15) is 0 Å². The van der Waals surface area contributed by atoms with Crippen LogP contribution < -0.4 is 9.79 Å². The average Bonchev–Trinajstić information content (AvgIpc) is 2.52. The molecule has 0 aromatic heterocycles. The van der Waals surface area contributed by atoms with Gasteiger partial charge in [0.2, 0.25) is 5.76 Å². The van der Waals surface area contributed by atoms with Crippen molar-refractivity contribution in [2.24, 2.45) is 0 Å². The largest absolute Gasteiger partial charge is 2.00 e. The summed E-state index contributed by atoms with van der Waals surface area (Å²) in [4.78, 5) is 44.7. The fourth-order valence-corrected chi connectivity index (χ4v) is 2.00. The molecule has 0 aromatic carbocycles. The van der Waals surface area contributed by atoms with E-state index in [9.17, 15) is 23.7 Å². The molecule has 1 heterocycles. The summed E-state index contributed by atoms with van der Waals surface area (Å²) in [7, 11) is -10.7. The van der Waals surface area contributed by atoms with Crippen LogP contribution in [0.3, 0.4) is 0 Å². The predicted octanol–water partition coefficient (Wildman–Crippen LogP) is -3.86. The zero-order valence-electron chi connectivity index (χ0n) is 10.5. The van der Waals surface area contributed by atoms with Crippen molar-refractivity contribution in [2.45, 2.75) is 12.2 Å². The molecular weight excluding hydrogens is 366 g/mol. The maximum absolute atomic E-state index is 10.5. The first-order valence-electron chi connectivity index (χ1n) is 4.69. The van der Waals surface area contributed by atoms with Crippen LogP contribution in [-0.4, -0.2) is 78.0 Å². The SMILES string of the molecule is O=C1O[C@H]([C@@H](O)CO)C(O)=C1O.O=P([O-])([O-])OP(=O)(O)O.[Mg+2]. The molecule has 6 N–H and O–H groups in total. The van der Waals surface area contributed by atoms with Gasteiger partial charge in [-0.15, -0.1) is 0 Å². The number of aliphatic hydroxyl groups excluding tert-OH is 4. The molecule has 13 nitrogen and oxygen atoms in total. The molecule has 0 aromatic rings. The number of aliphatic hydroxyl groups is 4. The van der Waals surface area contributed by atoms with Crippen LogP contribution in [0.4, 0.5) is 0 Å². The van der Waals surface area contributed by atoms with E-state index >= 15 is 0 Å². The number of phosphoric acid groups is 2. The number of carbonyl (C=O) groups is 1. The number of hydrogen-bond donors (Lipinski definition) is 6. The van der Waals surface area contributed by atoms with Crippen molar-refractivity contribution >= 4 is 44.7 Å². The third-order valence-electron chi connectivity index (χ3n) is 1.68. The maximum Gasteiger partial charge on any atom is 2.00 e. The molecule has 0 saturated heterocycles. The quantitative estimate of drug-likeness (QED) is 0.156. The third-order valence-corrected chi connectivity index (χ3v) is 3.33. The van der Waals surface area contributed by atoms with E-state index in [0.717, 1.165) is 0 Å². The number of esters is 1. The monoisotopic (exact) mass is 376 g/mol. The van der Waals surface area contributed by atoms with Gasteiger partial charge in [0.15, 0.2) is 11.9 Å². The molecule has 0 fully saturated rings. The molecule has 0 aliphatic carbocycles. The van der Waals surface area contributed by atoms with Crippen molar-refractivity contribution < 1.29 is 63.0 Å². The Morgan fingerprint density at radius 1 is 1.27 bits per heavy atom. The van der Waals surface area contributed by atoms with Gasteiger partial charge in [-0.25, -0.2) is 9.36 Å². The van der Waals surface area contributed by atoms with Gasteiger partial charge in [-0.2, -0.15) is 0 Å². The zero-order valence-corrected chi connectivity index (χ0v) is 13.7. The Morgan fingerprint density at radius 2 is 1.73 bits per heavy atom. The van der Waals surface area contributed by atoms with E-state index in [4.69, 9.17) is 30.2 Å². The van der Waals surface area contributed by atoms with Crippen LogP contribution in [-0.2, 0) is 23.0 Å². The van der Waals surface area contributed by atoms with Gasteiger partial charge in [0.05, 0.1) is 14.4 Å². The molecular formula is C6H10MgO13P2. The van der Waals surface area contributed by atoms with Gasteiger partial charge < -0.3 is 49.3 Å². The van der Waals surface area contributed by atoms with Gasteiger partial charge in [-0.3, -0.25) is 4.31 Å². The van der Waals surface area contributed by atoms with Gasteiger partial charge in [0.1, 0.15) is 6.10 Å². The van der Waals surface area contributed by atoms with Crippen LogP contribution in [0.25, 0.3) is 0 Å². The summed E-state index contributed by atoms with van der Waals surface area (Å²) in [6.07, 6.45) is -2.78. The third kappa shape index (κ3) is 9.02. The summed E-state index contributed by atoms with van der Waals surface area (Å²) >= 11 is 0. The standard InChI is InChI=1S/C6H8O6.Mg.H4O7P2/c7-1-2(8)5-3(9)4(10)6(11)12-5;;1-8(2,3)7-9(4,5)6/h2,5,7-10H,1H2;;(H2,1,2,3)(H2,4,5,6)/q;+2;/p-2/t2-,5+;;/m0../s1. The number of carbonyl (C=O) groups excluding carboxylic acids is 1. The smallest absolute Gasteiger partial charge is 0.789 e. The van der Waals surface area contributed by atoms with Crippen LogP contribution >= 0.6 is 15.6 Å². The minimum absolute atomic E-state index is 0. The van der Waals surface area contributed by atoms with Crippen LogP contribution in [0.2, 0.25) is 0 Å². The number of hydrogen-bond acceptors (Lipinski definition) is 11. The van der Waals surface area contributed by atoms with Crippen molar-refractivity contribution in [1.82, 2.24) is 0 Å². The first-order valence-corrected chi connectivity index (χ1v) is 7.68. The van der Waals surface area contributed by atoms with Crippen molar-refractivity contribution in [1.29, 1.82) is 0 Å². The molecule has 16 heteroatoms. The minimum atomic E-state index is -5.55. The Morgan fingerprint density at radius 3 is 1.91 bits per heavy atom. The normalized spacial score (nSPS) is 19.7. The van der Waals surface area contributed by atoms with Crippen molar-refractivity contribution in [2.75, 3.05) is 6.61 Å². The Bertz CT molecular complexity index is 485. The van der Waals surface area contributed by atoms with Crippen LogP contribution in [0.15, 0.2) is 11.5 Å². The van der Waals surface area contributed by atoms with E-state index in [-0.39, 0.29) is 23.1 Å². The molecule has 2 atom stereocenters. The van der Waals surface area contributed by atoms with Gasteiger partial charge in [-0.1, -0.05) is 0 Å².